The summed E-state index contributed by atoms with van der Waals surface area (Å²) in [6, 6.07) is 10.9. The molecule has 0 aliphatic carbocycles. The SMILES string of the molecule is O=C(O)c1ccccc1S[C@@H]1CC(=O)N(c2ccc(Cl)c(Cl)c2)C1=O. The van der Waals surface area contributed by atoms with Crippen LogP contribution in [-0.2, 0) is 9.59 Å². The summed E-state index contributed by atoms with van der Waals surface area (Å²) in [4.78, 5) is 37.8. The third-order valence-corrected chi connectivity index (χ3v) is 5.66. The molecule has 5 nitrogen and oxygen atoms in total. The average Bonchev–Trinajstić information content (AvgIpc) is 2.84. The number of hydrogen-bond donors (Lipinski definition) is 1. The van der Waals surface area contributed by atoms with Crippen LogP contribution in [0.2, 0.25) is 10.0 Å². The minimum atomic E-state index is -1.08. The molecule has 128 valence electrons. The van der Waals surface area contributed by atoms with Gasteiger partial charge in [0.15, 0.2) is 0 Å². The van der Waals surface area contributed by atoms with Gasteiger partial charge >= 0.3 is 5.97 Å². The van der Waals surface area contributed by atoms with Crippen molar-refractivity contribution < 1.29 is 19.5 Å². The number of carbonyl (C=O) groups is 3. The van der Waals surface area contributed by atoms with Crippen molar-refractivity contribution in [3.63, 3.8) is 0 Å². The van der Waals surface area contributed by atoms with Crippen molar-refractivity contribution in [2.24, 2.45) is 0 Å². The number of rotatable bonds is 4. The number of imide groups is 1. The Balaban J connectivity index is 1.87. The first-order valence-electron chi connectivity index (χ1n) is 7.19. The Kier molecular flexibility index (Phi) is 5.03. The smallest absolute Gasteiger partial charge is 0.336 e. The predicted octanol–water partition coefficient (Wildman–Crippen LogP) is 4.12. The van der Waals surface area contributed by atoms with Gasteiger partial charge in [0.1, 0.15) is 0 Å². The quantitative estimate of drug-likeness (QED) is 0.788. The van der Waals surface area contributed by atoms with Crippen LogP contribution in [0.4, 0.5) is 5.69 Å². The topological polar surface area (TPSA) is 74.7 Å². The predicted molar refractivity (Wildman–Crippen MR) is 96.6 cm³/mol. The highest BCUT2D eigenvalue weighted by Gasteiger charge is 2.40. The van der Waals surface area contributed by atoms with Gasteiger partial charge in [-0.25, -0.2) is 9.69 Å². The average molecular weight is 396 g/mol. The maximum atomic E-state index is 12.7. The monoisotopic (exact) mass is 395 g/mol. The maximum absolute atomic E-state index is 12.7. The minimum absolute atomic E-state index is 0.0162. The second-order valence-electron chi connectivity index (χ2n) is 5.28. The van der Waals surface area contributed by atoms with Gasteiger partial charge in [-0.3, -0.25) is 9.59 Å². The Morgan fingerprint density at radius 2 is 1.84 bits per heavy atom. The second kappa shape index (κ2) is 7.07. The Bertz CT molecular complexity index is 887. The molecular formula is C17H11Cl2NO4S. The molecule has 1 fully saturated rings. The number of amides is 2. The van der Waals surface area contributed by atoms with Crippen molar-refractivity contribution in [1.82, 2.24) is 0 Å². The van der Waals surface area contributed by atoms with Crippen molar-refractivity contribution in [3.8, 4) is 0 Å². The molecule has 25 heavy (non-hydrogen) atoms. The summed E-state index contributed by atoms with van der Waals surface area (Å²) >= 11 is 12.9. The second-order valence-corrected chi connectivity index (χ2v) is 7.34. The molecule has 1 aliphatic heterocycles. The number of nitrogens with zero attached hydrogens (tertiary/aromatic N) is 1. The molecule has 0 bridgehead atoms. The third-order valence-electron chi connectivity index (χ3n) is 3.65. The molecule has 0 aromatic heterocycles. The van der Waals surface area contributed by atoms with E-state index in [1.807, 2.05) is 0 Å². The van der Waals surface area contributed by atoms with Gasteiger partial charge < -0.3 is 5.11 Å². The van der Waals surface area contributed by atoms with Crippen LogP contribution in [0.5, 0.6) is 0 Å². The van der Waals surface area contributed by atoms with E-state index in [1.54, 1.807) is 24.3 Å². The summed E-state index contributed by atoms with van der Waals surface area (Å²) < 4.78 is 0. The number of thioether (sulfide) groups is 1. The van der Waals surface area contributed by atoms with Gasteiger partial charge in [0.2, 0.25) is 11.8 Å². The van der Waals surface area contributed by atoms with Crippen LogP contribution >= 0.6 is 35.0 Å². The molecular weight excluding hydrogens is 385 g/mol. The fourth-order valence-electron chi connectivity index (χ4n) is 2.49. The lowest BCUT2D eigenvalue weighted by molar-refractivity contribution is -0.121. The van der Waals surface area contributed by atoms with E-state index in [-0.39, 0.29) is 22.9 Å². The zero-order valence-electron chi connectivity index (χ0n) is 12.6. The van der Waals surface area contributed by atoms with Gasteiger partial charge in [0.05, 0.1) is 26.5 Å². The Hall–Kier alpha value is -2.02. The van der Waals surface area contributed by atoms with Crippen LogP contribution in [-0.4, -0.2) is 28.1 Å². The van der Waals surface area contributed by atoms with Gasteiger partial charge in [0.25, 0.3) is 0 Å². The van der Waals surface area contributed by atoms with Crippen LogP contribution in [0, 0.1) is 0 Å². The molecule has 2 aromatic carbocycles. The summed E-state index contributed by atoms with van der Waals surface area (Å²) in [6.45, 7) is 0. The summed E-state index contributed by atoms with van der Waals surface area (Å²) in [7, 11) is 0. The van der Waals surface area contributed by atoms with Crippen molar-refractivity contribution in [3.05, 3.63) is 58.1 Å². The van der Waals surface area contributed by atoms with E-state index >= 15 is 0 Å². The zero-order valence-corrected chi connectivity index (χ0v) is 14.9. The lowest BCUT2D eigenvalue weighted by Crippen LogP contribution is -2.31. The van der Waals surface area contributed by atoms with Crippen LogP contribution < -0.4 is 4.90 Å². The molecule has 1 heterocycles. The molecule has 1 N–H and O–H groups in total. The van der Waals surface area contributed by atoms with E-state index in [4.69, 9.17) is 23.2 Å². The summed E-state index contributed by atoms with van der Waals surface area (Å²) in [5.74, 6) is -1.86. The van der Waals surface area contributed by atoms with E-state index in [0.717, 1.165) is 16.7 Å². The molecule has 0 spiro atoms. The van der Waals surface area contributed by atoms with E-state index in [1.165, 1.54) is 18.2 Å². The zero-order chi connectivity index (χ0) is 18.1. The molecule has 1 atom stereocenters. The highest BCUT2D eigenvalue weighted by atomic mass is 35.5. The van der Waals surface area contributed by atoms with Gasteiger partial charge in [-0.05, 0) is 30.3 Å². The van der Waals surface area contributed by atoms with Crippen molar-refractivity contribution in [2.45, 2.75) is 16.6 Å². The van der Waals surface area contributed by atoms with Gasteiger partial charge in [-0.1, -0.05) is 35.3 Å². The fourth-order valence-corrected chi connectivity index (χ4v) is 3.96. The lowest BCUT2D eigenvalue weighted by atomic mass is 10.2. The van der Waals surface area contributed by atoms with Gasteiger partial charge in [0, 0.05) is 11.3 Å². The number of halogens is 2. The number of aromatic carboxylic acids is 1. The molecule has 2 amide bonds. The molecule has 0 unspecified atom stereocenters. The molecule has 2 aromatic rings. The van der Waals surface area contributed by atoms with E-state index in [9.17, 15) is 19.5 Å². The third kappa shape index (κ3) is 3.51. The summed E-state index contributed by atoms with van der Waals surface area (Å²) in [5.41, 5.74) is 0.444. The Labute approximate surface area is 157 Å². The van der Waals surface area contributed by atoms with Crippen LogP contribution in [0.15, 0.2) is 47.4 Å². The van der Waals surface area contributed by atoms with Crippen LogP contribution in [0.25, 0.3) is 0 Å². The van der Waals surface area contributed by atoms with Gasteiger partial charge in [-0.2, -0.15) is 0 Å². The van der Waals surface area contributed by atoms with Crippen molar-refractivity contribution in [1.29, 1.82) is 0 Å². The van der Waals surface area contributed by atoms with Crippen molar-refractivity contribution >= 4 is 58.4 Å². The number of benzene rings is 2. The minimum Gasteiger partial charge on any atom is -0.478 e. The molecule has 3 rings (SSSR count). The van der Waals surface area contributed by atoms with Crippen molar-refractivity contribution in [2.75, 3.05) is 4.90 Å². The standard InChI is InChI=1S/C17H11Cl2NO4S/c18-11-6-5-9(7-12(11)19)20-15(21)8-14(16(20)22)25-13-4-2-1-3-10(13)17(23)24/h1-7,14H,8H2,(H,23,24)/t14-/m1/s1. The number of hydrogen-bond acceptors (Lipinski definition) is 4. The van der Waals surface area contributed by atoms with Gasteiger partial charge in [-0.15, -0.1) is 11.8 Å². The fraction of sp³-hybridized carbons (Fsp3) is 0.118. The number of carboxylic acids is 1. The Morgan fingerprint density at radius 3 is 2.52 bits per heavy atom. The molecule has 8 heteroatoms. The lowest BCUT2D eigenvalue weighted by Gasteiger charge is -2.16. The Morgan fingerprint density at radius 1 is 1.12 bits per heavy atom. The first kappa shape index (κ1) is 17.8. The van der Waals surface area contributed by atoms with E-state index in [0.29, 0.717) is 15.6 Å². The van der Waals surface area contributed by atoms with Crippen LogP contribution in [0.3, 0.4) is 0 Å². The van der Waals surface area contributed by atoms with E-state index in [2.05, 4.69) is 0 Å². The molecule has 0 radical (unpaired) electrons. The number of carboxylic acid groups (broad SMARTS) is 1. The number of carbonyl (C=O) groups excluding carboxylic acids is 2. The highest BCUT2D eigenvalue weighted by Crippen LogP contribution is 2.36. The first-order valence-corrected chi connectivity index (χ1v) is 8.83. The molecule has 0 saturated carbocycles. The van der Waals surface area contributed by atoms with Crippen LogP contribution in [0.1, 0.15) is 16.8 Å². The largest absolute Gasteiger partial charge is 0.478 e. The summed E-state index contributed by atoms with van der Waals surface area (Å²) in [6.07, 6.45) is -0.0162. The maximum Gasteiger partial charge on any atom is 0.336 e. The first-order chi connectivity index (χ1) is 11.9. The van der Waals surface area contributed by atoms with E-state index < -0.39 is 17.1 Å². The number of anilines is 1. The summed E-state index contributed by atoms with van der Waals surface area (Å²) in [5, 5.41) is 9.12. The normalized spacial score (nSPS) is 17.2. The molecule has 1 aliphatic rings. The highest BCUT2D eigenvalue weighted by molar-refractivity contribution is 8.00. The molecule has 1 saturated heterocycles.